The minimum atomic E-state index is -3.33. The highest BCUT2D eigenvalue weighted by molar-refractivity contribution is 7.92. The number of rotatable bonds is 4. The van der Waals surface area contributed by atoms with E-state index in [1.54, 1.807) is 18.2 Å². The summed E-state index contributed by atoms with van der Waals surface area (Å²) in [7, 11) is -3.33. The van der Waals surface area contributed by atoms with E-state index >= 15 is 0 Å². The van der Waals surface area contributed by atoms with E-state index in [2.05, 4.69) is 4.72 Å². The molecule has 1 aromatic carbocycles. The molecule has 6 nitrogen and oxygen atoms in total. The maximum atomic E-state index is 11.4. The minimum absolute atomic E-state index is 0.0425. The molecule has 1 aliphatic carbocycles. The molecule has 122 valence electrons. The smallest absolute Gasteiger partial charge is 0.229 e. The molecule has 1 aromatic rings. The Kier molecular flexibility index (Phi) is 4.29. The molecule has 7 heteroatoms. The van der Waals surface area contributed by atoms with Gasteiger partial charge >= 0.3 is 0 Å². The van der Waals surface area contributed by atoms with Crippen LogP contribution in [0.5, 0.6) is 5.75 Å². The lowest BCUT2D eigenvalue weighted by Gasteiger charge is -2.35. The fourth-order valence-electron chi connectivity index (χ4n) is 2.97. The van der Waals surface area contributed by atoms with E-state index in [4.69, 9.17) is 14.2 Å². The van der Waals surface area contributed by atoms with Crippen molar-refractivity contribution in [2.24, 2.45) is 0 Å². The van der Waals surface area contributed by atoms with Crippen LogP contribution in [0.15, 0.2) is 24.3 Å². The predicted octanol–water partition coefficient (Wildman–Crippen LogP) is 2.12. The summed E-state index contributed by atoms with van der Waals surface area (Å²) < 4.78 is 42.7. The van der Waals surface area contributed by atoms with Gasteiger partial charge in [0.1, 0.15) is 5.75 Å². The van der Waals surface area contributed by atoms with Crippen LogP contribution in [0, 0.1) is 0 Å². The Morgan fingerprint density at radius 3 is 2.45 bits per heavy atom. The normalized spacial score (nSPS) is 21.9. The number of hydrogen-bond donors (Lipinski definition) is 1. The van der Waals surface area contributed by atoms with Gasteiger partial charge in [0.25, 0.3) is 0 Å². The molecule has 1 saturated heterocycles. The summed E-state index contributed by atoms with van der Waals surface area (Å²) in [6.07, 6.45) is 4.43. The van der Waals surface area contributed by atoms with Crippen molar-refractivity contribution in [2.75, 3.05) is 24.2 Å². The van der Waals surface area contributed by atoms with Crippen LogP contribution in [0.1, 0.15) is 25.7 Å². The van der Waals surface area contributed by atoms with Crippen molar-refractivity contribution in [3.63, 3.8) is 0 Å². The Labute approximate surface area is 130 Å². The topological polar surface area (TPSA) is 73.9 Å². The van der Waals surface area contributed by atoms with Crippen LogP contribution in [0.4, 0.5) is 5.69 Å². The quantitative estimate of drug-likeness (QED) is 0.917. The van der Waals surface area contributed by atoms with Crippen LogP contribution in [-0.4, -0.2) is 39.8 Å². The summed E-state index contributed by atoms with van der Waals surface area (Å²) in [6, 6.07) is 7.08. The van der Waals surface area contributed by atoms with E-state index in [0.29, 0.717) is 24.7 Å². The summed E-state index contributed by atoms with van der Waals surface area (Å²) in [5.74, 6) is 0.145. The Morgan fingerprint density at radius 1 is 1.18 bits per heavy atom. The first kappa shape index (κ1) is 15.6. The largest absolute Gasteiger partial charge is 0.488 e. The summed E-state index contributed by atoms with van der Waals surface area (Å²) in [5, 5.41) is 0. The number of hydrogen-bond acceptors (Lipinski definition) is 5. The minimum Gasteiger partial charge on any atom is -0.488 e. The van der Waals surface area contributed by atoms with Gasteiger partial charge in [-0.25, -0.2) is 8.42 Å². The highest BCUT2D eigenvalue weighted by Crippen LogP contribution is 2.38. The third-order valence-corrected chi connectivity index (χ3v) is 4.57. The number of ether oxygens (including phenoxy) is 3. The van der Waals surface area contributed by atoms with Gasteiger partial charge in [-0.2, -0.15) is 0 Å². The Balaban J connectivity index is 1.64. The van der Waals surface area contributed by atoms with Gasteiger partial charge in [-0.05, 0) is 25.0 Å². The highest BCUT2D eigenvalue weighted by Gasteiger charge is 2.40. The zero-order chi connectivity index (χ0) is 15.6. The first-order valence-corrected chi connectivity index (χ1v) is 9.36. The summed E-state index contributed by atoms with van der Waals surface area (Å²) >= 11 is 0. The second kappa shape index (κ2) is 6.06. The van der Waals surface area contributed by atoms with Crippen molar-refractivity contribution in [3.8, 4) is 5.75 Å². The van der Waals surface area contributed by atoms with Crippen molar-refractivity contribution in [3.05, 3.63) is 24.3 Å². The molecule has 0 aromatic heterocycles. The number of benzene rings is 1. The monoisotopic (exact) mass is 327 g/mol. The number of sulfonamides is 1. The summed E-state index contributed by atoms with van der Waals surface area (Å²) in [4.78, 5) is 0. The molecular formula is C15H21NO5S. The van der Waals surface area contributed by atoms with Gasteiger partial charge in [-0.15, -0.1) is 0 Å². The zero-order valence-electron chi connectivity index (χ0n) is 12.6. The predicted molar refractivity (Wildman–Crippen MR) is 82.4 cm³/mol. The van der Waals surface area contributed by atoms with E-state index < -0.39 is 15.8 Å². The fraction of sp³-hybridized carbons (Fsp3) is 0.600. The molecule has 1 aliphatic heterocycles. The zero-order valence-corrected chi connectivity index (χ0v) is 13.4. The van der Waals surface area contributed by atoms with Crippen LogP contribution >= 0.6 is 0 Å². The van der Waals surface area contributed by atoms with Gasteiger partial charge in [-0.3, -0.25) is 4.72 Å². The molecule has 22 heavy (non-hydrogen) atoms. The molecular weight excluding hydrogens is 306 g/mol. The van der Waals surface area contributed by atoms with Gasteiger partial charge in [0.2, 0.25) is 10.0 Å². The fourth-order valence-corrected chi connectivity index (χ4v) is 3.54. The summed E-state index contributed by atoms with van der Waals surface area (Å²) in [6.45, 7) is 1.32. The maximum Gasteiger partial charge on any atom is 0.229 e. The molecule has 2 fully saturated rings. The standard InChI is InChI=1S/C15H21NO5S/c1-22(17,18)16-13-4-2-3-5-14(13)21-12-6-8-15(9-7-12)19-10-11-20-15/h2-5,12,16H,6-11H2,1H3. The van der Waals surface area contributed by atoms with Gasteiger partial charge in [0.15, 0.2) is 5.79 Å². The van der Waals surface area contributed by atoms with E-state index in [1.807, 2.05) is 6.07 Å². The van der Waals surface area contributed by atoms with Gasteiger partial charge < -0.3 is 14.2 Å². The number of para-hydroxylation sites is 2. The first-order valence-electron chi connectivity index (χ1n) is 7.47. The van der Waals surface area contributed by atoms with Crippen molar-refractivity contribution in [1.82, 2.24) is 0 Å². The lowest BCUT2D eigenvalue weighted by molar-refractivity contribution is -0.185. The van der Waals surface area contributed by atoms with Crippen LogP contribution in [-0.2, 0) is 19.5 Å². The molecule has 0 radical (unpaired) electrons. The summed E-state index contributed by atoms with van der Waals surface area (Å²) in [5.41, 5.74) is 0.471. The molecule has 0 unspecified atom stereocenters. The van der Waals surface area contributed by atoms with Crippen LogP contribution < -0.4 is 9.46 Å². The molecule has 0 amide bonds. The number of nitrogens with one attached hydrogen (secondary N) is 1. The van der Waals surface area contributed by atoms with Crippen molar-refractivity contribution < 1.29 is 22.6 Å². The average molecular weight is 327 g/mol. The van der Waals surface area contributed by atoms with E-state index in [1.165, 1.54) is 0 Å². The maximum absolute atomic E-state index is 11.4. The molecule has 1 saturated carbocycles. The Hall–Kier alpha value is -1.31. The third kappa shape index (κ3) is 3.71. The molecule has 0 bridgehead atoms. The van der Waals surface area contributed by atoms with Crippen LogP contribution in [0.3, 0.4) is 0 Å². The first-order chi connectivity index (χ1) is 10.5. The molecule has 2 aliphatic rings. The molecule has 1 heterocycles. The SMILES string of the molecule is CS(=O)(=O)Nc1ccccc1OC1CCC2(CC1)OCCO2. The Morgan fingerprint density at radius 2 is 1.82 bits per heavy atom. The molecule has 1 N–H and O–H groups in total. The van der Waals surface area contributed by atoms with Crippen molar-refractivity contribution in [2.45, 2.75) is 37.6 Å². The van der Waals surface area contributed by atoms with Crippen molar-refractivity contribution >= 4 is 15.7 Å². The van der Waals surface area contributed by atoms with Crippen molar-refractivity contribution in [1.29, 1.82) is 0 Å². The molecule has 1 spiro atoms. The Bertz CT molecular complexity index is 615. The van der Waals surface area contributed by atoms with Gasteiger partial charge in [0, 0.05) is 12.8 Å². The van der Waals surface area contributed by atoms with Gasteiger partial charge in [-0.1, -0.05) is 12.1 Å². The second-order valence-electron chi connectivity index (χ2n) is 5.80. The lowest BCUT2D eigenvalue weighted by Crippen LogP contribution is -2.38. The van der Waals surface area contributed by atoms with E-state index in [9.17, 15) is 8.42 Å². The average Bonchev–Trinajstić information content (AvgIpc) is 2.91. The van der Waals surface area contributed by atoms with Gasteiger partial charge in [0.05, 0.1) is 31.3 Å². The number of anilines is 1. The lowest BCUT2D eigenvalue weighted by atomic mass is 9.92. The third-order valence-electron chi connectivity index (χ3n) is 3.98. The van der Waals surface area contributed by atoms with E-state index in [0.717, 1.165) is 31.9 Å². The second-order valence-corrected chi connectivity index (χ2v) is 7.54. The molecule has 0 atom stereocenters. The van der Waals surface area contributed by atoms with E-state index in [-0.39, 0.29) is 6.10 Å². The molecule has 3 rings (SSSR count). The van der Waals surface area contributed by atoms with Crippen LogP contribution in [0.25, 0.3) is 0 Å². The van der Waals surface area contributed by atoms with Crippen LogP contribution in [0.2, 0.25) is 0 Å². The highest BCUT2D eigenvalue weighted by atomic mass is 32.2.